The van der Waals surface area contributed by atoms with Gasteiger partial charge in [0.2, 0.25) is 0 Å². The highest BCUT2D eigenvalue weighted by molar-refractivity contribution is 6.35. The van der Waals surface area contributed by atoms with Crippen molar-refractivity contribution in [3.05, 3.63) is 64.7 Å². The van der Waals surface area contributed by atoms with E-state index in [0.717, 1.165) is 6.42 Å². The van der Waals surface area contributed by atoms with Crippen LogP contribution in [0.5, 0.6) is 5.75 Å². The maximum Gasteiger partial charge on any atom is 0.321 e. The first kappa shape index (κ1) is 23.0. The predicted octanol–water partition coefficient (Wildman–Crippen LogP) is 5.93. The minimum Gasteiger partial charge on any atom is -0.496 e. The molecule has 2 atom stereocenters. The number of carbonyl (C=O) groups is 2. The zero-order valence-electron chi connectivity index (χ0n) is 17.7. The molecule has 156 valence electrons. The topological polar surface area (TPSA) is 52.6 Å². The van der Waals surface area contributed by atoms with Gasteiger partial charge >= 0.3 is 5.97 Å². The van der Waals surface area contributed by atoms with Crippen molar-refractivity contribution in [2.45, 2.75) is 40.0 Å². The Morgan fingerprint density at radius 2 is 1.69 bits per heavy atom. The normalized spacial score (nSPS) is 13.4. The minimum absolute atomic E-state index is 0.130. The summed E-state index contributed by atoms with van der Waals surface area (Å²) in [7, 11) is 1.46. The molecule has 0 aliphatic carbocycles. The summed E-state index contributed by atoms with van der Waals surface area (Å²) in [4.78, 5) is 26.4. The Labute approximate surface area is 178 Å². The SMILES string of the molecule is COc1cccc(Cl)c1C(=O)C(C(=O)OCC(C)CC(C)(C)C)c1ccccc1. The highest BCUT2D eigenvalue weighted by atomic mass is 35.5. The van der Waals surface area contributed by atoms with Crippen LogP contribution in [0.4, 0.5) is 0 Å². The van der Waals surface area contributed by atoms with E-state index in [4.69, 9.17) is 21.1 Å². The fourth-order valence-corrected chi connectivity index (χ4v) is 3.77. The van der Waals surface area contributed by atoms with Crippen molar-refractivity contribution in [1.82, 2.24) is 0 Å². The van der Waals surface area contributed by atoms with E-state index in [1.54, 1.807) is 42.5 Å². The molecule has 0 saturated carbocycles. The maximum absolute atomic E-state index is 13.4. The third kappa shape index (κ3) is 6.33. The van der Waals surface area contributed by atoms with E-state index in [-0.39, 0.29) is 28.5 Å². The molecule has 2 aromatic carbocycles. The first-order valence-electron chi connectivity index (χ1n) is 9.72. The molecule has 0 aromatic heterocycles. The van der Waals surface area contributed by atoms with Crippen molar-refractivity contribution >= 4 is 23.4 Å². The van der Waals surface area contributed by atoms with Crippen LogP contribution < -0.4 is 4.74 Å². The quantitative estimate of drug-likeness (QED) is 0.304. The number of Topliss-reactive ketones (excluding diaryl/α,β-unsaturated/α-hetero) is 1. The first-order valence-corrected chi connectivity index (χ1v) is 10.1. The number of rotatable bonds is 8. The van der Waals surface area contributed by atoms with Crippen LogP contribution in [0.15, 0.2) is 48.5 Å². The lowest BCUT2D eigenvalue weighted by Gasteiger charge is -2.24. The number of hydrogen-bond donors (Lipinski definition) is 0. The summed E-state index contributed by atoms with van der Waals surface area (Å²) in [5.41, 5.74) is 0.879. The summed E-state index contributed by atoms with van der Waals surface area (Å²) in [6, 6.07) is 13.8. The van der Waals surface area contributed by atoms with E-state index < -0.39 is 17.7 Å². The van der Waals surface area contributed by atoms with Crippen LogP contribution in [0.1, 0.15) is 56.0 Å². The molecular weight excluding hydrogens is 388 g/mol. The summed E-state index contributed by atoms with van der Waals surface area (Å²) in [6.07, 6.45) is 0.905. The molecule has 4 nitrogen and oxygen atoms in total. The van der Waals surface area contributed by atoms with Crippen molar-refractivity contribution < 1.29 is 19.1 Å². The van der Waals surface area contributed by atoms with Gasteiger partial charge in [-0.2, -0.15) is 0 Å². The van der Waals surface area contributed by atoms with E-state index in [1.807, 2.05) is 13.0 Å². The Bertz CT molecular complexity index is 840. The van der Waals surface area contributed by atoms with E-state index in [1.165, 1.54) is 7.11 Å². The smallest absolute Gasteiger partial charge is 0.321 e. The van der Waals surface area contributed by atoms with Gasteiger partial charge < -0.3 is 9.47 Å². The van der Waals surface area contributed by atoms with E-state index >= 15 is 0 Å². The molecule has 0 fully saturated rings. The summed E-state index contributed by atoms with van der Waals surface area (Å²) < 4.78 is 10.9. The number of methoxy groups -OCH3 is 1. The maximum atomic E-state index is 13.4. The number of carbonyl (C=O) groups excluding carboxylic acids is 2. The highest BCUT2D eigenvalue weighted by Crippen LogP contribution is 2.33. The van der Waals surface area contributed by atoms with Gasteiger partial charge in [-0.1, -0.05) is 75.7 Å². The number of hydrogen-bond acceptors (Lipinski definition) is 4. The van der Waals surface area contributed by atoms with Gasteiger partial charge in [-0.3, -0.25) is 9.59 Å². The van der Waals surface area contributed by atoms with E-state index in [0.29, 0.717) is 11.3 Å². The second-order valence-corrected chi connectivity index (χ2v) is 8.93. The molecule has 0 radical (unpaired) electrons. The number of halogens is 1. The Balaban J connectivity index is 2.32. The van der Waals surface area contributed by atoms with Gasteiger partial charge in [0, 0.05) is 0 Å². The van der Waals surface area contributed by atoms with Crippen LogP contribution >= 0.6 is 11.6 Å². The van der Waals surface area contributed by atoms with E-state index in [9.17, 15) is 9.59 Å². The van der Waals surface area contributed by atoms with Crippen molar-refractivity contribution in [3.8, 4) is 5.75 Å². The summed E-state index contributed by atoms with van der Waals surface area (Å²) in [6.45, 7) is 8.73. The summed E-state index contributed by atoms with van der Waals surface area (Å²) in [5.74, 6) is -1.61. The molecule has 0 amide bonds. The molecular formula is C24H29ClO4. The molecule has 0 spiro atoms. The third-order valence-corrected chi connectivity index (χ3v) is 4.86. The average Bonchev–Trinajstić information content (AvgIpc) is 2.65. The highest BCUT2D eigenvalue weighted by Gasteiger charge is 2.34. The zero-order chi connectivity index (χ0) is 21.6. The lowest BCUT2D eigenvalue weighted by Crippen LogP contribution is -2.27. The minimum atomic E-state index is -1.10. The van der Waals surface area contributed by atoms with Crippen molar-refractivity contribution in [3.63, 3.8) is 0 Å². The molecule has 0 bridgehead atoms. The van der Waals surface area contributed by atoms with Gasteiger partial charge in [0.25, 0.3) is 0 Å². The second-order valence-electron chi connectivity index (χ2n) is 8.53. The van der Waals surface area contributed by atoms with Crippen LogP contribution in [-0.4, -0.2) is 25.5 Å². The second kappa shape index (κ2) is 9.93. The van der Waals surface area contributed by atoms with Gasteiger partial charge in [-0.05, 0) is 35.4 Å². The average molecular weight is 417 g/mol. The number of ether oxygens (including phenoxy) is 2. The van der Waals surface area contributed by atoms with Crippen LogP contribution in [0.2, 0.25) is 5.02 Å². The monoisotopic (exact) mass is 416 g/mol. The summed E-state index contributed by atoms with van der Waals surface area (Å²) >= 11 is 6.29. The first-order chi connectivity index (χ1) is 13.6. The standard InChI is InChI=1S/C24H29ClO4/c1-16(14-24(2,3)4)15-29-23(27)20(17-10-7-6-8-11-17)22(26)21-18(25)12-9-13-19(21)28-5/h6-13,16,20H,14-15H2,1-5H3. The zero-order valence-corrected chi connectivity index (χ0v) is 18.5. The van der Waals surface area contributed by atoms with Gasteiger partial charge in [0.1, 0.15) is 11.7 Å². The van der Waals surface area contributed by atoms with Crippen molar-refractivity contribution in [1.29, 1.82) is 0 Å². The fourth-order valence-electron chi connectivity index (χ4n) is 3.51. The van der Waals surface area contributed by atoms with Gasteiger partial charge in [0.05, 0.1) is 24.3 Å². The van der Waals surface area contributed by atoms with Crippen molar-refractivity contribution in [2.75, 3.05) is 13.7 Å². The lowest BCUT2D eigenvalue weighted by atomic mass is 9.86. The van der Waals surface area contributed by atoms with Crippen LogP contribution in [0.3, 0.4) is 0 Å². The molecule has 2 rings (SSSR count). The largest absolute Gasteiger partial charge is 0.496 e. The Morgan fingerprint density at radius 3 is 2.28 bits per heavy atom. The molecule has 0 heterocycles. The third-order valence-electron chi connectivity index (χ3n) is 4.54. The molecule has 0 N–H and O–H groups in total. The molecule has 2 unspecified atom stereocenters. The molecule has 2 aromatic rings. The van der Waals surface area contributed by atoms with Gasteiger partial charge in [-0.15, -0.1) is 0 Å². The van der Waals surface area contributed by atoms with Crippen LogP contribution in [0.25, 0.3) is 0 Å². The molecule has 0 saturated heterocycles. The number of ketones is 1. The summed E-state index contributed by atoms with van der Waals surface area (Å²) in [5, 5.41) is 0.240. The van der Waals surface area contributed by atoms with E-state index in [2.05, 4.69) is 20.8 Å². The lowest BCUT2D eigenvalue weighted by molar-refractivity contribution is -0.145. The van der Waals surface area contributed by atoms with Crippen LogP contribution in [0, 0.1) is 11.3 Å². The molecule has 0 aliphatic heterocycles. The van der Waals surface area contributed by atoms with Gasteiger partial charge in [0.15, 0.2) is 5.78 Å². The van der Waals surface area contributed by atoms with Gasteiger partial charge in [-0.25, -0.2) is 0 Å². The fraction of sp³-hybridized carbons (Fsp3) is 0.417. The molecule has 5 heteroatoms. The number of esters is 1. The Morgan fingerprint density at radius 1 is 1.03 bits per heavy atom. The van der Waals surface area contributed by atoms with Crippen LogP contribution in [-0.2, 0) is 9.53 Å². The van der Waals surface area contributed by atoms with Crippen molar-refractivity contribution in [2.24, 2.45) is 11.3 Å². The molecule has 29 heavy (non-hydrogen) atoms. The Kier molecular flexibility index (Phi) is 7.86. The number of benzene rings is 2. The Hall–Kier alpha value is -2.33. The predicted molar refractivity (Wildman–Crippen MR) is 116 cm³/mol. The molecule has 0 aliphatic rings.